The summed E-state index contributed by atoms with van der Waals surface area (Å²) >= 11 is 1.63. The molecule has 158 valence electrons. The van der Waals surface area contributed by atoms with E-state index in [2.05, 4.69) is 41.4 Å². The first-order valence-electron chi connectivity index (χ1n) is 9.54. The molecule has 7 heteroatoms. The van der Waals surface area contributed by atoms with Crippen LogP contribution in [0.25, 0.3) is 21.5 Å². The van der Waals surface area contributed by atoms with E-state index in [0.29, 0.717) is 6.61 Å². The zero-order chi connectivity index (χ0) is 20.1. The van der Waals surface area contributed by atoms with E-state index in [1.165, 1.54) is 5.56 Å². The molecule has 2 heterocycles. The van der Waals surface area contributed by atoms with Crippen LogP contribution in [0.5, 0.6) is 5.75 Å². The van der Waals surface area contributed by atoms with Gasteiger partial charge in [0.2, 0.25) is 0 Å². The van der Waals surface area contributed by atoms with Crippen molar-refractivity contribution in [1.82, 2.24) is 10.1 Å². The van der Waals surface area contributed by atoms with E-state index in [4.69, 9.17) is 14.0 Å². The van der Waals surface area contributed by atoms with Crippen molar-refractivity contribution in [3.8, 4) is 17.0 Å². The molecule has 0 spiro atoms. The number of likely N-dealkylation sites (N-methyl/N-ethyl adjacent to an activating group) is 1. The number of rotatable bonds is 9. The van der Waals surface area contributed by atoms with Crippen LogP contribution in [0.4, 0.5) is 0 Å². The van der Waals surface area contributed by atoms with Gasteiger partial charge in [0, 0.05) is 25.8 Å². The average molecular weight is 445 g/mol. The minimum atomic E-state index is -0.0246. The van der Waals surface area contributed by atoms with Crippen LogP contribution < -0.4 is 4.74 Å². The molecule has 4 rings (SSSR count). The van der Waals surface area contributed by atoms with E-state index in [1.54, 1.807) is 18.4 Å². The molecule has 2 aromatic carbocycles. The van der Waals surface area contributed by atoms with Crippen LogP contribution in [0, 0.1) is 0 Å². The Kier molecular flexibility index (Phi) is 7.87. The predicted octanol–water partition coefficient (Wildman–Crippen LogP) is 5.50. The minimum Gasteiger partial charge on any atom is -0.491 e. The van der Waals surface area contributed by atoms with Crippen molar-refractivity contribution in [2.45, 2.75) is 12.6 Å². The molecule has 30 heavy (non-hydrogen) atoms. The maximum atomic E-state index is 6.04. The van der Waals surface area contributed by atoms with E-state index in [-0.39, 0.29) is 18.5 Å². The van der Waals surface area contributed by atoms with Crippen LogP contribution in [-0.2, 0) is 11.3 Å². The normalized spacial score (nSPS) is 12.1. The van der Waals surface area contributed by atoms with E-state index in [9.17, 15) is 0 Å². The van der Waals surface area contributed by atoms with Gasteiger partial charge in [-0.05, 0) is 36.2 Å². The summed E-state index contributed by atoms with van der Waals surface area (Å²) in [6, 6.07) is 20.3. The van der Waals surface area contributed by atoms with Gasteiger partial charge >= 0.3 is 0 Å². The zero-order valence-electron chi connectivity index (χ0n) is 17.0. The Morgan fingerprint density at radius 2 is 1.93 bits per heavy atom. The Bertz CT molecular complexity index is 1050. The molecular formula is C23H25ClN2O3S. The second-order valence-electron chi connectivity index (χ2n) is 7.02. The average Bonchev–Trinajstić information content (AvgIpc) is 3.36. The molecule has 0 fully saturated rings. The van der Waals surface area contributed by atoms with Crippen molar-refractivity contribution >= 4 is 34.0 Å². The number of nitrogens with zero attached hydrogens (tertiary/aromatic N) is 2. The molecule has 0 bridgehead atoms. The highest BCUT2D eigenvalue weighted by Gasteiger charge is 2.14. The fraction of sp³-hybridized carbons (Fsp3) is 0.261. The van der Waals surface area contributed by atoms with Gasteiger partial charge in [0.05, 0.1) is 0 Å². The van der Waals surface area contributed by atoms with Crippen molar-refractivity contribution in [2.24, 2.45) is 0 Å². The van der Waals surface area contributed by atoms with E-state index >= 15 is 0 Å². The van der Waals surface area contributed by atoms with Gasteiger partial charge in [-0.2, -0.15) is 0 Å². The molecule has 0 aliphatic rings. The number of fused-ring (bicyclic) bond motifs is 1. The van der Waals surface area contributed by atoms with Crippen LogP contribution in [0.3, 0.4) is 0 Å². The van der Waals surface area contributed by atoms with Crippen LogP contribution in [0.1, 0.15) is 5.56 Å². The van der Waals surface area contributed by atoms with Crippen molar-refractivity contribution < 1.29 is 14.0 Å². The number of methoxy groups -OCH3 is 1. The fourth-order valence-corrected chi connectivity index (χ4v) is 4.10. The van der Waals surface area contributed by atoms with Gasteiger partial charge in [-0.15, -0.1) is 23.7 Å². The number of thiophene rings is 1. The standard InChI is InChI=1S/C23H24N2O3S.ClH/c1-25(14-17-7-4-3-5-8-17)15-20(26-2)16-27-19-10-6-9-18(13-19)22-23-21(28-24-22)11-12-29-23;/h3-13,20H,14-16H2,1-2H3;1H/t20-;/m1./s1. The van der Waals surface area contributed by atoms with Gasteiger partial charge in [-0.3, -0.25) is 4.90 Å². The summed E-state index contributed by atoms with van der Waals surface area (Å²) in [5, 5.41) is 6.21. The lowest BCUT2D eigenvalue weighted by Crippen LogP contribution is -2.34. The Morgan fingerprint density at radius 3 is 2.73 bits per heavy atom. The minimum absolute atomic E-state index is 0. The van der Waals surface area contributed by atoms with E-state index < -0.39 is 0 Å². The Hall–Kier alpha value is -2.38. The maximum absolute atomic E-state index is 6.04. The van der Waals surface area contributed by atoms with Crippen molar-refractivity contribution in [1.29, 1.82) is 0 Å². The van der Waals surface area contributed by atoms with E-state index in [1.807, 2.05) is 41.8 Å². The molecule has 0 unspecified atom stereocenters. The first-order valence-corrected chi connectivity index (χ1v) is 10.4. The first kappa shape index (κ1) is 22.3. The molecule has 0 N–H and O–H groups in total. The zero-order valence-corrected chi connectivity index (χ0v) is 18.6. The molecule has 5 nitrogen and oxygen atoms in total. The van der Waals surface area contributed by atoms with Gasteiger partial charge in [0.1, 0.15) is 28.9 Å². The summed E-state index contributed by atoms with van der Waals surface area (Å²) in [6.45, 7) is 2.13. The summed E-state index contributed by atoms with van der Waals surface area (Å²) in [5.41, 5.74) is 3.94. The topological polar surface area (TPSA) is 47.7 Å². The van der Waals surface area contributed by atoms with Crippen LogP contribution in [-0.4, -0.2) is 43.5 Å². The lowest BCUT2D eigenvalue weighted by atomic mass is 10.1. The summed E-state index contributed by atoms with van der Waals surface area (Å²) in [7, 11) is 3.82. The second kappa shape index (κ2) is 10.6. The number of ether oxygens (including phenoxy) is 2. The molecule has 0 saturated heterocycles. The number of halogens is 1. The van der Waals surface area contributed by atoms with E-state index in [0.717, 1.165) is 40.4 Å². The molecule has 1 atom stereocenters. The summed E-state index contributed by atoms with van der Waals surface area (Å²) in [5.74, 6) is 0.794. The second-order valence-corrected chi connectivity index (χ2v) is 7.94. The van der Waals surface area contributed by atoms with Gasteiger partial charge in [-0.1, -0.05) is 47.6 Å². The Labute approximate surface area is 186 Å². The number of hydrogen-bond donors (Lipinski definition) is 0. The summed E-state index contributed by atoms with van der Waals surface area (Å²) < 4.78 is 18.1. The monoisotopic (exact) mass is 444 g/mol. The smallest absolute Gasteiger partial charge is 0.178 e. The highest BCUT2D eigenvalue weighted by Crippen LogP contribution is 2.33. The van der Waals surface area contributed by atoms with Gasteiger partial charge in [-0.25, -0.2) is 0 Å². The summed E-state index contributed by atoms with van der Waals surface area (Å²) in [4.78, 5) is 2.24. The third-order valence-electron chi connectivity index (χ3n) is 4.77. The predicted molar refractivity (Wildman–Crippen MR) is 124 cm³/mol. The highest BCUT2D eigenvalue weighted by atomic mass is 35.5. The lowest BCUT2D eigenvalue weighted by molar-refractivity contribution is 0.0336. The lowest BCUT2D eigenvalue weighted by Gasteiger charge is -2.23. The molecule has 0 aliphatic carbocycles. The van der Waals surface area contributed by atoms with Gasteiger partial charge < -0.3 is 14.0 Å². The molecule has 4 aromatic rings. The van der Waals surface area contributed by atoms with Crippen molar-refractivity contribution in [2.75, 3.05) is 27.3 Å². The third kappa shape index (κ3) is 5.40. The Morgan fingerprint density at radius 1 is 1.10 bits per heavy atom. The molecule has 0 aliphatic heterocycles. The SMILES string of the molecule is CO[C@@H](COc1cccc(-c2noc3ccsc23)c1)CN(C)Cc1ccccc1.Cl. The molecule has 2 aromatic heterocycles. The van der Waals surface area contributed by atoms with Crippen LogP contribution in [0.15, 0.2) is 70.6 Å². The van der Waals surface area contributed by atoms with Crippen molar-refractivity contribution in [3.63, 3.8) is 0 Å². The third-order valence-corrected chi connectivity index (χ3v) is 5.67. The maximum Gasteiger partial charge on any atom is 0.178 e. The molecule has 0 amide bonds. The van der Waals surface area contributed by atoms with Gasteiger partial charge in [0.15, 0.2) is 5.58 Å². The number of aromatic nitrogens is 1. The molecule has 0 radical (unpaired) electrons. The van der Waals surface area contributed by atoms with Crippen molar-refractivity contribution in [3.05, 3.63) is 71.6 Å². The molecular weight excluding hydrogens is 420 g/mol. The van der Waals surface area contributed by atoms with Gasteiger partial charge in [0.25, 0.3) is 0 Å². The fourth-order valence-electron chi connectivity index (χ4n) is 3.29. The highest BCUT2D eigenvalue weighted by molar-refractivity contribution is 7.17. The first-order chi connectivity index (χ1) is 14.2. The molecule has 0 saturated carbocycles. The largest absolute Gasteiger partial charge is 0.491 e. The Balaban J connectivity index is 0.00000256. The summed E-state index contributed by atoms with van der Waals surface area (Å²) in [6.07, 6.45) is -0.0246. The quantitative estimate of drug-likeness (QED) is 0.341. The number of hydrogen-bond acceptors (Lipinski definition) is 6. The van der Waals surface area contributed by atoms with Crippen LogP contribution >= 0.6 is 23.7 Å². The van der Waals surface area contributed by atoms with Crippen LogP contribution in [0.2, 0.25) is 0 Å². The number of benzene rings is 2.